The highest BCUT2D eigenvalue weighted by atomic mass is 19.1. The normalized spacial score (nSPS) is 17.4. The molecule has 0 radical (unpaired) electrons. The van der Waals surface area contributed by atoms with Crippen LogP contribution in [0.3, 0.4) is 0 Å². The minimum absolute atomic E-state index is 0.0476. The summed E-state index contributed by atoms with van der Waals surface area (Å²) in [5.41, 5.74) is 4.97. The van der Waals surface area contributed by atoms with Crippen LogP contribution >= 0.6 is 0 Å². The Kier molecular flexibility index (Phi) is 8.24. The summed E-state index contributed by atoms with van der Waals surface area (Å²) in [7, 11) is 0. The number of likely N-dealkylation sites (tertiary alicyclic amines) is 1. The second-order valence-electron chi connectivity index (χ2n) is 8.07. The van der Waals surface area contributed by atoms with Gasteiger partial charge < -0.3 is 9.47 Å². The van der Waals surface area contributed by atoms with Crippen molar-refractivity contribution in [2.24, 2.45) is 5.92 Å². The standard InChI is InChI=1S/C26H32FNO3/c1-4-31-26(29)21-9-7-13-28(17-21)14-15-30-18-25(23-10-6-5-8-19(23)2)24-12-11-22(27)16-20(24)3/h5-6,8,10-12,16,18,21H,4,7,9,13-15,17H2,1-3H3/b25-18+/t21-/m1/s1. The first kappa shape index (κ1) is 23.0. The van der Waals surface area contributed by atoms with Crippen LogP contribution in [0.2, 0.25) is 0 Å². The highest BCUT2D eigenvalue weighted by Crippen LogP contribution is 2.29. The largest absolute Gasteiger partial charge is 0.499 e. The number of hydrogen-bond acceptors (Lipinski definition) is 4. The molecule has 0 N–H and O–H groups in total. The predicted molar refractivity (Wildman–Crippen MR) is 121 cm³/mol. The maximum Gasteiger partial charge on any atom is 0.310 e. The second kappa shape index (κ2) is 11.1. The Morgan fingerprint density at radius 1 is 1.16 bits per heavy atom. The van der Waals surface area contributed by atoms with Crippen molar-refractivity contribution in [2.45, 2.75) is 33.6 Å². The molecule has 1 atom stereocenters. The van der Waals surface area contributed by atoms with E-state index < -0.39 is 0 Å². The van der Waals surface area contributed by atoms with Gasteiger partial charge in [0.2, 0.25) is 0 Å². The first-order valence-corrected chi connectivity index (χ1v) is 11.0. The van der Waals surface area contributed by atoms with Crippen LogP contribution in [-0.4, -0.2) is 43.7 Å². The number of carbonyl (C=O) groups excluding carboxylic acids is 1. The molecule has 4 nitrogen and oxygen atoms in total. The number of nitrogens with zero attached hydrogens (tertiary/aromatic N) is 1. The van der Waals surface area contributed by atoms with Gasteiger partial charge in [0.05, 0.1) is 18.8 Å². The van der Waals surface area contributed by atoms with Crippen molar-refractivity contribution in [2.75, 3.05) is 32.8 Å². The number of ether oxygens (including phenoxy) is 2. The SMILES string of the molecule is CCOC(=O)[C@@H]1CCCN(CCO/C=C(\c2ccccc2C)c2ccc(F)cc2C)C1. The van der Waals surface area contributed by atoms with E-state index in [0.717, 1.165) is 53.8 Å². The van der Waals surface area contributed by atoms with Crippen molar-refractivity contribution in [1.82, 2.24) is 4.90 Å². The lowest BCUT2D eigenvalue weighted by Gasteiger charge is -2.31. The zero-order valence-electron chi connectivity index (χ0n) is 18.7. The Labute approximate surface area is 184 Å². The maximum absolute atomic E-state index is 13.7. The summed E-state index contributed by atoms with van der Waals surface area (Å²) in [5.74, 6) is -0.386. The third-order valence-electron chi connectivity index (χ3n) is 5.77. The third-order valence-corrected chi connectivity index (χ3v) is 5.77. The number of hydrogen-bond donors (Lipinski definition) is 0. The number of aryl methyl sites for hydroxylation is 2. The van der Waals surface area contributed by atoms with E-state index in [-0.39, 0.29) is 17.7 Å². The first-order chi connectivity index (χ1) is 15.0. The van der Waals surface area contributed by atoms with E-state index in [1.165, 1.54) is 6.07 Å². The number of halogens is 1. The highest BCUT2D eigenvalue weighted by molar-refractivity contribution is 5.82. The van der Waals surface area contributed by atoms with Gasteiger partial charge >= 0.3 is 5.97 Å². The van der Waals surface area contributed by atoms with E-state index in [0.29, 0.717) is 19.8 Å². The molecule has 1 saturated heterocycles. The van der Waals surface area contributed by atoms with E-state index in [1.54, 1.807) is 18.4 Å². The molecule has 0 bridgehead atoms. The molecule has 0 amide bonds. The van der Waals surface area contributed by atoms with Crippen molar-refractivity contribution in [1.29, 1.82) is 0 Å². The maximum atomic E-state index is 13.7. The topological polar surface area (TPSA) is 38.8 Å². The molecule has 0 unspecified atom stereocenters. The summed E-state index contributed by atoms with van der Waals surface area (Å²) in [4.78, 5) is 14.3. The van der Waals surface area contributed by atoms with Gasteiger partial charge in [0.25, 0.3) is 0 Å². The molecule has 0 aliphatic carbocycles. The fourth-order valence-electron chi connectivity index (χ4n) is 4.11. The van der Waals surface area contributed by atoms with Crippen LogP contribution in [0.25, 0.3) is 5.57 Å². The van der Waals surface area contributed by atoms with Gasteiger partial charge in [-0.05, 0) is 74.5 Å². The minimum Gasteiger partial charge on any atom is -0.499 e. The zero-order valence-corrected chi connectivity index (χ0v) is 18.7. The van der Waals surface area contributed by atoms with Gasteiger partial charge in [-0.2, -0.15) is 0 Å². The molecule has 1 heterocycles. The molecular formula is C26H32FNO3. The Morgan fingerprint density at radius 3 is 2.68 bits per heavy atom. The van der Waals surface area contributed by atoms with Gasteiger partial charge in [-0.25, -0.2) is 4.39 Å². The Hall–Kier alpha value is -2.66. The van der Waals surface area contributed by atoms with Crippen LogP contribution in [0.5, 0.6) is 0 Å². The van der Waals surface area contributed by atoms with E-state index in [9.17, 15) is 9.18 Å². The van der Waals surface area contributed by atoms with Crippen molar-refractivity contribution in [3.05, 3.63) is 76.8 Å². The van der Waals surface area contributed by atoms with Crippen molar-refractivity contribution in [3.63, 3.8) is 0 Å². The number of piperidine rings is 1. The number of esters is 1. The van der Waals surface area contributed by atoms with Gasteiger partial charge in [0.15, 0.2) is 0 Å². The lowest BCUT2D eigenvalue weighted by atomic mass is 9.92. The first-order valence-electron chi connectivity index (χ1n) is 11.0. The summed E-state index contributed by atoms with van der Waals surface area (Å²) in [6, 6.07) is 13.0. The molecule has 1 aliphatic heterocycles. The molecular weight excluding hydrogens is 393 g/mol. The molecule has 31 heavy (non-hydrogen) atoms. The Bertz CT molecular complexity index is 925. The summed E-state index contributed by atoms with van der Waals surface area (Å²) >= 11 is 0. The molecule has 2 aromatic carbocycles. The molecule has 5 heteroatoms. The van der Waals surface area contributed by atoms with Gasteiger partial charge in [-0.3, -0.25) is 9.69 Å². The average Bonchev–Trinajstić information content (AvgIpc) is 2.76. The number of carbonyl (C=O) groups is 1. The fraction of sp³-hybridized carbons (Fsp3) is 0.423. The highest BCUT2D eigenvalue weighted by Gasteiger charge is 2.26. The fourth-order valence-corrected chi connectivity index (χ4v) is 4.11. The van der Waals surface area contributed by atoms with Crippen LogP contribution in [0.15, 0.2) is 48.7 Å². The Morgan fingerprint density at radius 2 is 1.94 bits per heavy atom. The molecule has 0 aromatic heterocycles. The summed E-state index contributed by atoms with van der Waals surface area (Å²) in [5, 5.41) is 0. The molecule has 3 rings (SSSR count). The number of rotatable bonds is 8. The van der Waals surface area contributed by atoms with Crippen LogP contribution in [-0.2, 0) is 14.3 Å². The molecule has 166 valence electrons. The van der Waals surface area contributed by atoms with Crippen LogP contribution < -0.4 is 0 Å². The summed E-state index contributed by atoms with van der Waals surface area (Å²) in [6.45, 7) is 9.18. The van der Waals surface area contributed by atoms with Gasteiger partial charge in [0, 0.05) is 18.7 Å². The lowest BCUT2D eigenvalue weighted by molar-refractivity contribution is -0.150. The minimum atomic E-state index is -0.243. The van der Waals surface area contributed by atoms with Crippen molar-refractivity contribution < 1.29 is 18.7 Å². The van der Waals surface area contributed by atoms with Crippen molar-refractivity contribution >= 4 is 11.5 Å². The van der Waals surface area contributed by atoms with Gasteiger partial charge in [0.1, 0.15) is 12.4 Å². The zero-order chi connectivity index (χ0) is 22.2. The summed E-state index contributed by atoms with van der Waals surface area (Å²) < 4.78 is 24.8. The predicted octanol–water partition coefficient (Wildman–Crippen LogP) is 5.12. The molecule has 0 spiro atoms. The second-order valence-corrected chi connectivity index (χ2v) is 8.07. The van der Waals surface area contributed by atoms with Crippen LogP contribution in [0.4, 0.5) is 4.39 Å². The average molecular weight is 426 g/mol. The van der Waals surface area contributed by atoms with E-state index in [4.69, 9.17) is 9.47 Å². The monoisotopic (exact) mass is 425 g/mol. The molecule has 1 aliphatic rings. The van der Waals surface area contributed by atoms with Crippen molar-refractivity contribution in [3.8, 4) is 0 Å². The quantitative estimate of drug-likeness (QED) is 0.334. The number of benzene rings is 2. The third kappa shape index (κ3) is 6.17. The summed E-state index contributed by atoms with van der Waals surface area (Å²) in [6.07, 6.45) is 3.66. The van der Waals surface area contributed by atoms with Crippen LogP contribution in [0, 0.1) is 25.6 Å². The van der Waals surface area contributed by atoms with E-state index >= 15 is 0 Å². The Balaban J connectivity index is 1.69. The smallest absolute Gasteiger partial charge is 0.310 e. The van der Waals surface area contributed by atoms with Gasteiger partial charge in [-0.1, -0.05) is 30.3 Å². The molecule has 2 aromatic rings. The molecule has 1 fully saturated rings. The van der Waals surface area contributed by atoms with E-state index in [2.05, 4.69) is 24.0 Å². The lowest BCUT2D eigenvalue weighted by Crippen LogP contribution is -2.40. The van der Waals surface area contributed by atoms with Crippen LogP contribution in [0.1, 0.15) is 42.0 Å². The molecule has 0 saturated carbocycles. The van der Waals surface area contributed by atoms with Gasteiger partial charge in [-0.15, -0.1) is 0 Å². The van der Waals surface area contributed by atoms with E-state index in [1.807, 2.05) is 26.0 Å².